The Morgan fingerprint density at radius 2 is 2.36 bits per heavy atom. The lowest BCUT2D eigenvalue weighted by Crippen LogP contribution is -2.39. The first-order valence-electron chi connectivity index (χ1n) is 5.61. The van der Waals surface area contributed by atoms with E-state index in [1.54, 1.807) is 0 Å². The highest BCUT2D eigenvalue weighted by Crippen LogP contribution is 2.13. The highest BCUT2D eigenvalue weighted by Gasteiger charge is 2.24. The van der Waals surface area contributed by atoms with Gasteiger partial charge in [-0.15, -0.1) is 0 Å². The predicted molar refractivity (Wildman–Crippen MR) is 55.3 cm³/mol. The molecule has 1 aliphatic rings. The molecule has 3 atom stereocenters. The molecule has 1 rings (SSSR count). The Labute approximate surface area is 86.4 Å². The second kappa shape index (κ2) is 6.38. The molecule has 1 N–H and O–H groups in total. The third kappa shape index (κ3) is 3.95. The van der Waals surface area contributed by atoms with Crippen LogP contribution in [0.25, 0.3) is 0 Å². The van der Waals surface area contributed by atoms with E-state index in [2.05, 4.69) is 13.8 Å². The summed E-state index contributed by atoms with van der Waals surface area (Å²) >= 11 is 0. The Morgan fingerprint density at radius 3 is 3.00 bits per heavy atom. The lowest BCUT2D eigenvalue weighted by atomic mass is 10.1. The van der Waals surface area contributed by atoms with Crippen molar-refractivity contribution in [2.24, 2.45) is 5.92 Å². The van der Waals surface area contributed by atoms with E-state index in [9.17, 15) is 5.11 Å². The van der Waals surface area contributed by atoms with Crippen LogP contribution >= 0.6 is 0 Å². The summed E-state index contributed by atoms with van der Waals surface area (Å²) in [7, 11) is 0. The van der Waals surface area contributed by atoms with Crippen LogP contribution in [0.2, 0.25) is 0 Å². The summed E-state index contributed by atoms with van der Waals surface area (Å²) in [5.41, 5.74) is 0. The Morgan fingerprint density at radius 1 is 1.57 bits per heavy atom. The third-order valence-corrected chi connectivity index (χ3v) is 2.65. The fourth-order valence-electron chi connectivity index (χ4n) is 1.72. The average molecular weight is 202 g/mol. The van der Waals surface area contributed by atoms with E-state index in [1.165, 1.54) is 12.8 Å². The second-order valence-electron chi connectivity index (χ2n) is 4.20. The van der Waals surface area contributed by atoms with Crippen LogP contribution in [0.15, 0.2) is 0 Å². The first kappa shape index (κ1) is 12.0. The monoisotopic (exact) mass is 202 g/mol. The molecule has 1 saturated heterocycles. The predicted octanol–water partition coefficient (Wildman–Crippen LogP) is 1.59. The zero-order chi connectivity index (χ0) is 10.4. The van der Waals surface area contributed by atoms with Crippen molar-refractivity contribution < 1.29 is 14.6 Å². The molecule has 0 aromatic carbocycles. The molecular weight excluding hydrogens is 180 g/mol. The van der Waals surface area contributed by atoms with Crippen molar-refractivity contribution in [1.29, 1.82) is 0 Å². The van der Waals surface area contributed by atoms with Crippen LogP contribution < -0.4 is 0 Å². The van der Waals surface area contributed by atoms with Crippen molar-refractivity contribution in [3.05, 3.63) is 0 Å². The summed E-state index contributed by atoms with van der Waals surface area (Å²) in [6.45, 7) is 6.29. The topological polar surface area (TPSA) is 38.7 Å². The maximum Gasteiger partial charge on any atom is 0.107 e. The Bertz CT molecular complexity index is 149. The van der Waals surface area contributed by atoms with Gasteiger partial charge < -0.3 is 14.6 Å². The zero-order valence-corrected chi connectivity index (χ0v) is 9.24. The number of rotatable bonds is 5. The molecule has 3 unspecified atom stereocenters. The van der Waals surface area contributed by atoms with Gasteiger partial charge in [-0.05, 0) is 18.8 Å². The number of hydrogen-bond acceptors (Lipinski definition) is 3. The largest absolute Gasteiger partial charge is 0.390 e. The molecule has 0 aromatic rings. The number of aliphatic hydroxyl groups excluding tert-OH is 1. The lowest BCUT2D eigenvalue weighted by molar-refractivity contribution is -0.122. The minimum atomic E-state index is -0.336. The molecule has 14 heavy (non-hydrogen) atoms. The van der Waals surface area contributed by atoms with Gasteiger partial charge in [-0.1, -0.05) is 20.3 Å². The van der Waals surface area contributed by atoms with Gasteiger partial charge in [0.15, 0.2) is 0 Å². The quantitative estimate of drug-likeness (QED) is 0.735. The third-order valence-electron chi connectivity index (χ3n) is 2.65. The van der Waals surface area contributed by atoms with E-state index in [4.69, 9.17) is 9.47 Å². The van der Waals surface area contributed by atoms with Crippen molar-refractivity contribution in [1.82, 2.24) is 0 Å². The maximum atomic E-state index is 9.61. The lowest BCUT2D eigenvalue weighted by Gasteiger charge is -2.28. The molecule has 0 bridgehead atoms. The molecule has 1 fully saturated rings. The maximum absolute atomic E-state index is 9.61. The van der Waals surface area contributed by atoms with Crippen LogP contribution in [0.3, 0.4) is 0 Å². The van der Waals surface area contributed by atoms with E-state index >= 15 is 0 Å². The standard InChI is InChI=1S/C11H22O3/c1-3-4-9(2)7-14-11-8-13-6-5-10(11)12/h9-12H,3-8H2,1-2H3. The van der Waals surface area contributed by atoms with Crippen LogP contribution in [0.4, 0.5) is 0 Å². The summed E-state index contributed by atoms with van der Waals surface area (Å²) in [6.07, 6.45) is 2.63. The van der Waals surface area contributed by atoms with E-state index in [0.717, 1.165) is 6.61 Å². The van der Waals surface area contributed by atoms with Gasteiger partial charge in [0.1, 0.15) is 6.10 Å². The highest BCUT2D eigenvalue weighted by molar-refractivity contribution is 4.73. The van der Waals surface area contributed by atoms with Crippen molar-refractivity contribution in [2.45, 2.75) is 45.3 Å². The molecule has 0 aromatic heterocycles. The van der Waals surface area contributed by atoms with E-state index in [1.807, 2.05) is 0 Å². The molecule has 0 saturated carbocycles. The van der Waals surface area contributed by atoms with Gasteiger partial charge in [0, 0.05) is 13.2 Å². The van der Waals surface area contributed by atoms with E-state index < -0.39 is 0 Å². The summed E-state index contributed by atoms with van der Waals surface area (Å²) in [5.74, 6) is 0.578. The minimum absolute atomic E-state index is 0.108. The van der Waals surface area contributed by atoms with Crippen LogP contribution in [0.1, 0.15) is 33.1 Å². The average Bonchev–Trinajstić information content (AvgIpc) is 2.17. The highest BCUT2D eigenvalue weighted by atomic mass is 16.5. The van der Waals surface area contributed by atoms with E-state index in [0.29, 0.717) is 25.6 Å². The molecule has 84 valence electrons. The van der Waals surface area contributed by atoms with Gasteiger partial charge in [-0.3, -0.25) is 0 Å². The normalized spacial score (nSPS) is 30.2. The zero-order valence-electron chi connectivity index (χ0n) is 9.24. The molecule has 1 heterocycles. The molecule has 3 nitrogen and oxygen atoms in total. The van der Waals surface area contributed by atoms with Gasteiger partial charge in [0.25, 0.3) is 0 Å². The Hall–Kier alpha value is -0.120. The van der Waals surface area contributed by atoms with Crippen LogP contribution in [-0.4, -0.2) is 37.1 Å². The van der Waals surface area contributed by atoms with Gasteiger partial charge in [0.2, 0.25) is 0 Å². The fourth-order valence-corrected chi connectivity index (χ4v) is 1.72. The van der Waals surface area contributed by atoms with Crippen LogP contribution in [0, 0.1) is 5.92 Å². The SMILES string of the molecule is CCCC(C)COC1COCCC1O. The van der Waals surface area contributed by atoms with Crippen LogP contribution in [0.5, 0.6) is 0 Å². The van der Waals surface area contributed by atoms with Crippen molar-refractivity contribution in [3.8, 4) is 0 Å². The Kier molecular flexibility index (Phi) is 5.45. The molecule has 0 radical (unpaired) electrons. The smallest absolute Gasteiger partial charge is 0.107 e. The van der Waals surface area contributed by atoms with E-state index in [-0.39, 0.29) is 12.2 Å². The van der Waals surface area contributed by atoms with Gasteiger partial charge in [0.05, 0.1) is 12.7 Å². The molecule has 1 aliphatic heterocycles. The summed E-state index contributed by atoms with van der Waals surface area (Å²) in [6, 6.07) is 0. The number of aliphatic hydroxyl groups is 1. The molecular formula is C11H22O3. The summed E-state index contributed by atoms with van der Waals surface area (Å²) in [4.78, 5) is 0. The van der Waals surface area contributed by atoms with Crippen molar-refractivity contribution in [3.63, 3.8) is 0 Å². The molecule has 3 heteroatoms. The van der Waals surface area contributed by atoms with Gasteiger partial charge in [-0.25, -0.2) is 0 Å². The van der Waals surface area contributed by atoms with Gasteiger partial charge in [-0.2, -0.15) is 0 Å². The van der Waals surface area contributed by atoms with Crippen LogP contribution in [-0.2, 0) is 9.47 Å². The van der Waals surface area contributed by atoms with Crippen molar-refractivity contribution >= 4 is 0 Å². The molecule has 0 spiro atoms. The second-order valence-corrected chi connectivity index (χ2v) is 4.20. The minimum Gasteiger partial charge on any atom is -0.390 e. The summed E-state index contributed by atoms with van der Waals surface area (Å²) < 4.78 is 10.9. The van der Waals surface area contributed by atoms with Gasteiger partial charge >= 0.3 is 0 Å². The molecule has 0 amide bonds. The summed E-state index contributed by atoms with van der Waals surface area (Å²) in [5, 5.41) is 9.61. The van der Waals surface area contributed by atoms with Crippen molar-refractivity contribution in [2.75, 3.05) is 19.8 Å². The number of hydrogen-bond donors (Lipinski definition) is 1. The number of ether oxygens (including phenoxy) is 2. The first-order valence-corrected chi connectivity index (χ1v) is 5.61. The molecule has 0 aliphatic carbocycles. The first-order chi connectivity index (χ1) is 6.74. The fraction of sp³-hybridized carbons (Fsp3) is 1.00. The Balaban J connectivity index is 2.15.